The number of aryl methyl sites for hydroxylation is 1. The molecule has 0 bridgehead atoms. The fraction of sp³-hybridized carbons (Fsp3) is 0.0909. The van der Waals surface area contributed by atoms with E-state index in [2.05, 4.69) is 4.98 Å². The molecule has 0 unspecified atom stereocenters. The highest BCUT2D eigenvalue weighted by Crippen LogP contribution is 2.26. The number of carbonyl (C=O) groups excluding carboxylic acids is 1. The molecule has 0 amide bonds. The summed E-state index contributed by atoms with van der Waals surface area (Å²) in [5, 5.41) is 3.21. The van der Waals surface area contributed by atoms with Gasteiger partial charge in [-0.15, -0.1) is 11.3 Å². The third kappa shape index (κ3) is 2.97. The van der Waals surface area contributed by atoms with Gasteiger partial charge in [0, 0.05) is 11.4 Å². The van der Waals surface area contributed by atoms with Crippen LogP contribution in [0.4, 0.5) is 0 Å². The Morgan fingerprint density at radius 1 is 1.35 bits per heavy atom. The van der Waals surface area contributed by atoms with E-state index in [0.29, 0.717) is 21.5 Å². The molecule has 0 N–H and O–H groups in total. The molecule has 0 atom stereocenters. The SMILES string of the molecule is Cc1nc(C(=O)Oc2ccc(Cl)c(Cl)c2)cs1. The van der Waals surface area contributed by atoms with E-state index in [1.807, 2.05) is 6.92 Å². The first-order valence-electron chi connectivity index (χ1n) is 4.65. The van der Waals surface area contributed by atoms with Crippen LogP contribution in [-0.4, -0.2) is 11.0 Å². The van der Waals surface area contributed by atoms with Crippen molar-refractivity contribution in [1.82, 2.24) is 4.98 Å². The predicted octanol–water partition coefficient (Wildman–Crippen LogP) is 3.98. The first-order valence-corrected chi connectivity index (χ1v) is 6.29. The lowest BCUT2D eigenvalue weighted by Gasteiger charge is -2.03. The Labute approximate surface area is 112 Å². The van der Waals surface area contributed by atoms with E-state index in [-0.39, 0.29) is 0 Å². The topological polar surface area (TPSA) is 39.2 Å². The van der Waals surface area contributed by atoms with Gasteiger partial charge < -0.3 is 4.74 Å². The maximum Gasteiger partial charge on any atom is 0.363 e. The maximum atomic E-state index is 11.7. The van der Waals surface area contributed by atoms with E-state index in [1.165, 1.54) is 17.4 Å². The predicted molar refractivity (Wildman–Crippen MR) is 68.3 cm³/mol. The maximum absolute atomic E-state index is 11.7. The molecular formula is C11H7Cl2NO2S. The zero-order valence-electron chi connectivity index (χ0n) is 8.74. The van der Waals surface area contributed by atoms with Gasteiger partial charge in [-0.1, -0.05) is 23.2 Å². The number of benzene rings is 1. The molecule has 0 fully saturated rings. The van der Waals surface area contributed by atoms with E-state index >= 15 is 0 Å². The second-order valence-electron chi connectivity index (χ2n) is 3.22. The number of hydrogen-bond donors (Lipinski definition) is 0. The first-order chi connectivity index (χ1) is 8.06. The van der Waals surface area contributed by atoms with Gasteiger partial charge in [0.05, 0.1) is 15.1 Å². The van der Waals surface area contributed by atoms with Crippen molar-refractivity contribution in [2.45, 2.75) is 6.92 Å². The quantitative estimate of drug-likeness (QED) is 0.620. The molecule has 0 spiro atoms. The highest BCUT2D eigenvalue weighted by Gasteiger charge is 2.12. The molecule has 0 saturated carbocycles. The summed E-state index contributed by atoms with van der Waals surface area (Å²) in [5.41, 5.74) is 0.290. The number of esters is 1. The van der Waals surface area contributed by atoms with Crippen molar-refractivity contribution in [1.29, 1.82) is 0 Å². The molecule has 6 heteroatoms. The van der Waals surface area contributed by atoms with Crippen LogP contribution in [0.5, 0.6) is 5.75 Å². The average molecular weight is 288 g/mol. The van der Waals surface area contributed by atoms with Gasteiger partial charge in [0.25, 0.3) is 0 Å². The van der Waals surface area contributed by atoms with Crippen LogP contribution in [0.1, 0.15) is 15.5 Å². The van der Waals surface area contributed by atoms with Gasteiger partial charge in [-0.2, -0.15) is 0 Å². The van der Waals surface area contributed by atoms with Crippen molar-refractivity contribution < 1.29 is 9.53 Å². The summed E-state index contributed by atoms with van der Waals surface area (Å²) < 4.78 is 5.11. The smallest absolute Gasteiger partial charge is 0.363 e. The molecule has 17 heavy (non-hydrogen) atoms. The highest BCUT2D eigenvalue weighted by molar-refractivity contribution is 7.09. The van der Waals surface area contributed by atoms with Crippen LogP contribution in [0.25, 0.3) is 0 Å². The van der Waals surface area contributed by atoms with Crippen LogP contribution in [0.3, 0.4) is 0 Å². The van der Waals surface area contributed by atoms with Crippen LogP contribution < -0.4 is 4.74 Å². The number of rotatable bonds is 2. The summed E-state index contributed by atoms with van der Waals surface area (Å²) >= 11 is 13.0. The Balaban J connectivity index is 2.15. The monoisotopic (exact) mass is 287 g/mol. The fourth-order valence-electron chi connectivity index (χ4n) is 1.16. The van der Waals surface area contributed by atoms with Gasteiger partial charge in [0.1, 0.15) is 5.75 Å². The van der Waals surface area contributed by atoms with Crippen molar-refractivity contribution in [3.8, 4) is 5.75 Å². The Morgan fingerprint density at radius 3 is 2.71 bits per heavy atom. The third-order valence-electron chi connectivity index (χ3n) is 1.93. The minimum atomic E-state index is -0.507. The number of carbonyl (C=O) groups is 1. The molecule has 0 aliphatic rings. The lowest BCUT2D eigenvalue weighted by Crippen LogP contribution is -2.08. The van der Waals surface area contributed by atoms with Crippen molar-refractivity contribution in [3.63, 3.8) is 0 Å². The number of hydrogen-bond acceptors (Lipinski definition) is 4. The Bertz CT molecular complexity index is 568. The van der Waals surface area contributed by atoms with Crippen LogP contribution >= 0.6 is 34.5 Å². The first kappa shape index (κ1) is 12.4. The van der Waals surface area contributed by atoms with Crippen LogP contribution in [0.15, 0.2) is 23.6 Å². The van der Waals surface area contributed by atoms with Gasteiger partial charge in [0.2, 0.25) is 0 Å². The van der Waals surface area contributed by atoms with Crippen molar-refractivity contribution in [2.24, 2.45) is 0 Å². The molecular weight excluding hydrogens is 281 g/mol. The molecule has 1 heterocycles. The number of ether oxygens (including phenoxy) is 1. The summed E-state index contributed by atoms with van der Waals surface area (Å²) in [5.74, 6) is -0.164. The lowest BCUT2D eigenvalue weighted by molar-refractivity contribution is 0.0729. The summed E-state index contributed by atoms with van der Waals surface area (Å²) in [6.07, 6.45) is 0. The van der Waals surface area contributed by atoms with Gasteiger partial charge >= 0.3 is 5.97 Å². The largest absolute Gasteiger partial charge is 0.422 e. The Kier molecular flexibility index (Phi) is 3.66. The standard InChI is InChI=1S/C11H7Cl2NO2S/c1-6-14-10(5-17-6)11(15)16-7-2-3-8(12)9(13)4-7/h2-5H,1H3. The van der Waals surface area contributed by atoms with Crippen LogP contribution in [0, 0.1) is 6.92 Å². The Hall–Kier alpha value is -1.10. The van der Waals surface area contributed by atoms with Gasteiger partial charge in [-0.3, -0.25) is 0 Å². The van der Waals surface area contributed by atoms with E-state index in [9.17, 15) is 4.79 Å². The lowest BCUT2D eigenvalue weighted by atomic mass is 10.3. The van der Waals surface area contributed by atoms with E-state index in [0.717, 1.165) is 5.01 Å². The summed E-state index contributed by atoms with van der Waals surface area (Å²) in [6, 6.07) is 4.63. The minimum absolute atomic E-state index is 0.290. The molecule has 0 saturated heterocycles. The summed E-state index contributed by atoms with van der Waals surface area (Å²) in [6.45, 7) is 1.82. The third-order valence-corrected chi connectivity index (χ3v) is 3.44. The molecule has 2 aromatic rings. The molecule has 1 aromatic heterocycles. The molecule has 3 nitrogen and oxygen atoms in total. The number of nitrogens with zero attached hydrogens (tertiary/aromatic N) is 1. The van der Waals surface area contributed by atoms with Crippen molar-refractivity contribution >= 4 is 40.5 Å². The zero-order valence-corrected chi connectivity index (χ0v) is 11.1. The van der Waals surface area contributed by atoms with E-state index in [4.69, 9.17) is 27.9 Å². The van der Waals surface area contributed by atoms with Crippen molar-refractivity contribution in [2.75, 3.05) is 0 Å². The van der Waals surface area contributed by atoms with E-state index < -0.39 is 5.97 Å². The summed E-state index contributed by atoms with van der Waals surface area (Å²) in [7, 11) is 0. The minimum Gasteiger partial charge on any atom is -0.422 e. The zero-order chi connectivity index (χ0) is 12.4. The second-order valence-corrected chi connectivity index (χ2v) is 5.09. The highest BCUT2D eigenvalue weighted by atomic mass is 35.5. The van der Waals surface area contributed by atoms with Gasteiger partial charge in [-0.05, 0) is 19.1 Å². The van der Waals surface area contributed by atoms with E-state index in [1.54, 1.807) is 17.5 Å². The average Bonchev–Trinajstić information content (AvgIpc) is 2.70. The molecule has 88 valence electrons. The number of aromatic nitrogens is 1. The number of thiazole rings is 1. The normalized spacial score (nSPS) is 10.3. The van der Waals surface area contributed by atoms with Crippen LogP contribution in [-0.2, 0) is 0 Å². The summed E-state index contributed by atoms with van der Waals surface area (Å²) in [4.78, 5) is 15.7. The van der Waals surface area contributed by atoms with Crippen molar-refractivity contribution in [3.05, 3.63) is 44.3 Å². The molecule has 0 aliphatic carbocycles. The fourth-order valence-corrected chi connectivity index (χ4v) is 2.03. The van der Waals surface area contributed by atoms with Gasteiger partial charge in [-0.25, -0.2) is 9.78 Å². The van der Waals surface area contributed by atoms with Gasteiger partial charge in [0.15, 0.2) is 5.69 Å². The second kappa shape index (κ2) is 5.04. The molecule has 1 aromatic carbocycles. The molecule has 2 rings (SSSR count). The molecule has 0 radical (unpaired) electrons. The van der Waals surface area contributed by atoms with Crippen LogP contribution in [0.2, 0.25) is 10.0 Å². The Morgan fingerprint density at radius 2 is 2.12 bits per heavy atom. The molecule has 0 aliphatic heterocycles. The number of halogens is 2.